The second-order valence-electron chi connectivity index (χ2n) is 5.39. The lowest BCUT2D eigenvalue weighted by Crippen LogP contribution is -2.44. The summed E-state index contributed by atoms with van der Waals surface area (Å²) < 4.78 is 0. The number of carbonyl (C=O) groups excluding carboxylic acids is 1. The fraction of sp³-hybridized carbons (Fsp3) is 0.600. The van der Waals surface area contributed by atoms with E-state index >= 15 is 0 Å². The molecule has 1 aliphatic heterocycles. The van der Waals surface area contributed by atoms with Gasteiger partial charge in [-0.15, -0.1) is 11.8 Å². The van der Waals surface area contributed by atoms with E-state index in [2.05, 4.69) is 11.9 Å². The highest BCUT2D eigenvalue weighted by Crippen LogP contribution is 2.34. The summed E-state index contributed by atoms with van der Waals surface area (Å²) in [6.07, 6.45) is 6.37. The molecule has 5 heteroatoms. The number of piperidine rings is 1. The summed E-state index contributed by atoms with van der Waals surface area (Å²) in [5, 5.41) is 10.4. The summed E-state index contributed by atoms with van der Waals surface area (Å²) in [4.78, 5) is 18.6. The van der Waals surface area contributed by atoms with Crippen molar-refractivity contribution in [2.24, 2.45) is 5.41 Å². The van der Waals surface area contributed by atoms with Gasteiger partial charge in [-0.05, 0) is 43.1 Å². The number of thioether (sulfide) groups is 1. The van der Waals surface area contributed by atoms with E-state index in [1.807, 2.05) is 17.2 Å². The molecule has 0 spiro atoms. The predicted octanol–water partition coefficient (Wildman–Crippen LogP) is 2.43. The quantitative estimate of drug-likeness (QED) is 0.867. The summed E-state index contributed by atoms with van der Waals surface area (Å²) in [5.41, 5.74) is 0.719. The zero-order valence-corrected chi connectivity index (χ0v) is 12.9. The maximum Gasteiger partial charge on any atom is 0.254 e. The number of aliphatic hydroxyl groups excluding tert-OH is 1. The monoisotopic (exact) mass is 294 g/mol. The third kappa shape index (κ3) is 3.15. The first-order chi connectivity index (χ1) is 9.64. The van der Waals surface area contributed by atoms with E-state index < -0.39 is 0 Å². The number of likely N-dealkylation sites (tertiary alicyclic amines) is 1. The third-order valence-electron chi connectivity index (χ3n) is 4.39. The Balaban J connectivity index is 2.04. The fourth-order valence-corrected chi connectivity index (χ4v) is 3.06. The van der Waals surface area contributed by atoms with Crippen LogP contribution < -0.4 is 0 Å². The first kappa shape index (κ1) is 15.3. The predicted molar refractivity (Wildman–Crippen MR) is 81.0 cm³/mol. The molecule has 0 saturated carbocycles. The van der Waals surface area contributed by atoms with Crippen molar-refractivity contribution in [1.29, 1.82) is 0 Å². The molecule has 2 heterocycles. The molecule has 20 heavy (non-hydrogen) atoms. The Labute approximate surface area is 124 Å². The van der Waals surface area contributed by atoms with E-state index in [0.29, 0.717) is 5.56 Å². The van der Waals surface area contributed by atoms with Gasteiger partial charge in [0, 0.05) is 31.5 Å². The Morgan fingerprint density at radius 1 is 1.50 bits per heavy atom. The van der Waals surface area contributed by atoms with Crippen molar-refractivity contribution >= 4 is 17.7 Å². The molecule has 110 valence electrons. The first-order valence-corrected chi connectivity index (χ1v) is 8.27. The van der Waals surface area contributed by atoms with Gasteiger partial charge in [0.25, 0.3) is 5.91 Å². The summed E-state index contributed by atoms with van der Waals surface area (Å²) in [7, 11) is 0. The largest absolute Gasteiger partial charge is 0.396 e. The molecule has 0 unspecified atom stereocenters. The molecule has 1 aromatic rings. The van der Waals surface area contributed by atoms with E-state index in [0.717, 1.165) is 37.4 Å². The molecule has 0 radical (unpaired) electrons. The molecule has 0 atom stereocenters. The van der Waals surface area contributed by atoms with Gasteiger partial charge in [0.15, 0.2) is 0 Å². The van der Waals surface area contributed by atoms with Crippen molar-refractivity contribution in [1.82, 2.24) is 9.88 Å². The zero-order valence-electron chi connectivity index (χ0n) is 12.1. The highest BCUT2D eigenvalue weighted by molar-refractivity contribution is 7.98. The summed E-state index contributed by atoms with van der Waals surface area (Å²) in [6, 6.07) is 3.62. The van der Waals surface area contributed by atoms with E-state index in [1.54, 1.807) is 12.3 Å². The van der Waals surface area contributed by atoms with Crippen molar-refractivity contribution in [3.8, 4) is 0 Å². The number of hydrogen-bond acceptors (Lipinski definition) is 4. The normalized spacial score (nSPS) is 18.1. The topological polar surface area (TPSA) is 53.4 Å². The molecule has 0 bridgehead atoms. The number of hydrogen-bond donors (Lipinski definition) is 1. The van der Waals surface area contributed by atoms with Crippen LogP contribution in [-0.2, 0) is 0 Å². The summed E-state index contributed by atoms with van der Waals surface area (Å²) >= 11 is 1.54. The number of amides is 1. The Morgan fingerprint density at radius 2 is 2.20 bits per heavy atom. The van der Waals surface area contributed by atoms with Crippen molar-refractivity contribution in [2.45, 2.75) is 31.2 Å². The molecule has 1 amide bonds. The number of nitrogens with zero attached hydrogens (tertiary/aromatic N) is 2. The van der Waals surface area contributed by atoms with E-state index in [-0.39, 0.29) is 17.9 Å². The Morgan fingerprint density at radius 3 is 2.75 bits per heavy atom. The standard InChI is InChI=1S/C15H22N2O2S/c1-3-15(11-18)5-8-17(9-6-15)14(19)12-4-7-16-13(10-12)20-2/h4,7,10,18H,3,5-6,8-9,11H2,1-2H3. The van der Waals surface area contributed by atoms with Crippen LogP contribution in [0.4, 0.5) is 0 Å². The van der Waals surface area contributed by atoms with Gasteiger partial charge in [-0.1, -0.05) is 6.92 Å². The number of aromatic nitrogens is 1. The molecule has 0 aromatic carbocycles. The molecule has 4 nitrogen and oxygen atoms in total. The number of rotatable bonds is 4. The smallest absolute Gasteiger partial charge is 0.254 e. The highest BCUT2D eigenvalue weighted by Gasteiger charge is 2.34. The highest BCUT2D eigenvalue weighted by atomic mass is 32.2. The van der Waals surface area contributed by atoms with Crippen LogP contribution >= 0.6 is 11.8 Å². The van der Waals surface area contributed by atoms with Gasteiger partial charge in [-0.3, -0.25) is 4.79 Å². The second kappa shape index (κ2) is 6.59. The van der Waals surface area contributed by atoms with Crippen molar-refractivity contribution in [3.05, 3.63) is 23.9 Å². The third-order valence-corrected chi connectivity index (χ3v) is 5.03. The van der Waals surface area contributed by atoms with Crippen LogP contribution in [0.15, 0.2) is 23.4 Å². The van der Waals surface area contributed by atoms with Gasteiger partial charge in [-0.2, -0.15) is 0 Å². The molecular weight excluding hydrogens is 272 g/mol. The lowest BCUT2D eigenvalue weighted by molar-refractivity contribution is 0.0338. The summed E-state index contributed by atoms with van der Waals surface area (Å²) in [5.74, 6) is 0.0744. The van der Waals surface area contributed by atoms with Gasteiger partial charge in [0.2, 0.25) is 0 Å². The van der Waals surface area contributed by atoms with Crippen LogP contribution in [0.2, 0.25) is 0 Å². The van der Waals surface area contributed by atoms with Gasteiger partial charge >= 0.3 is 0 Å². The van der Waals surface area contributed by atoms with Crippen LogP contribution in [0.1, 0.15) is 36.5 Å². The van der Waals surface area contributed by atoms with Crippen LogP contribution in [0.5, 0.6) is 0 Å². The van der Waals surface area contributed by atoms with Gasteiger partial charge < -0.3 is 10.0 Å². The molecule has 1 fully saturated rings. The Kier molecular flexibility index (Phi) is 5.05. The zero-order chi connectivity index (χ0) is 14.6. The van der Waals surface area contributed by atoms with Crippen molar-refractivity contribution < 1.29 is 9.90 Å². The van der Waals surface area contributed by atoms with Gasteiger partial charge in [0.1, 0.15) is 0 Å². The van der Waals surface area contributed by atoms with E-state index in [9.17, 15) is 9.90 Å². The summed E-state index contributed by atoms with van der Waals surface area (Å²) in [6.45, 7) is 3.78. The van der Waals surface area contributed by atoms with E-state index in [4.69, 9.17) is 0 Å². The first-order valence-electron chi connectivity index (χ1n) is 7.04. The van der Waals surface area contributed by atoms with Crippen LogP contribution in [0.25, 0.3) is 0 Å². The molecule has 1 saturated heterocycles. The Hall–Kier alpha value is -1.07. The van der Waals surface area contributed by atoms with Gasteiger partial charge in [-0.25, -0.2) is 4.98 Å². The van der Waals surface area contributed by atoms with Crippen molar-refractivity contribution in [3.63, 3.8) is 0 Å². The molecule has 2 rings (SSSR count). The minimum absolute atomic E-state index is 0.0133. The maximum absolute atomic E-state index is 12.5. The number of carbonyl (C=O) groups is 1. The minimum atomic E-state index is 0.0133. The molecule has 1 N–H and O–H groups in total. The molecular formula is C15H22N2O2S. The van der Waals surface area contributed by atoms with Gasteiger partial charge in [0.05, 0.1) is 5.03 Å². The van der Waals surface area contributed by atoms with Crippen molar-refractivity contribution in [2.75, 3.05) is 26.0 Å². The van der Waals surface area contributed by atoms with E-state index in [1.165, 1.54) is 11.8 Å². The lowest BCUT2D eigenvalue weighted by Gasteiger charge is -2.40. The average molecular weight is 294 g/mol. The Bertz CT molecular complexity index is 465. The SMILES string of the molecule is CCC1(CO)CCN(C(=O)c2ccnc(SC)c2)CC1. The van der Waals surface area contributed by atoms with Crippen LogP contribution in [0.3, 0.4) is 0 Å². The fourth-order valence-electron chi connectivity index (χ4n) is 2.64. The van der Waals surface area contributed by atoms with Crippen LogP contribution in [0, 0.1) is 5.41 Å². The number of aliphatic hydroxyl groups is 1. The molecule has 1 aliphatic rings. The molecule has 1 aromatic heterocycles. The lowest BCUT2D eigenvalue weighted by atomic mass is 9.77. The number of pyridine rings is 1. The maximum atomic E-state index is 12.5. The average Bonchev–Trinajstić information content (AvgIpc) is 2.54. The second-order valence-corrected chi connectivity index (χ2v) is 6.22. The molecule has 0 aliphatic carbocycles. The van der Waals surface area contributed by atoms with Crippen LogP contribution in [-0.4, -0.2) is 46.8 Å². The minimum Gasteiger partial charge on any atom is -0.396 e.